The fourth-order valence-electron chi connectivity index (χ4n) is 4.15. The Labute approximate surface area is 200 Å². The summed E-state index contributed by atoms with van der Waals surface area (Å²) < 4.78 is 10.6. The number of ketones is 1. The number of carbonyl (C=O) groups is 3. The molecule has 0 aliphatic carbocycles. The van der Waals surface area contributed by atoms with E-state index in [0.717, 1.165) is 5.56 Å². The number of carbonyl (C=O) groups excluding carboxylic acids is 3. The van der Waals surface area contributed by atoms with Crippen molar-refractivity contribution < 1.29 is 23.9 Å². The van der Waals surface area contributed by atoms with Crippen LogP contribution in [0.25, 0.3) is 0 Å². The number of nitrogens with one attached hydrogen (secondary N) is 1. The summed E-state index contributed by atoms with van der Waals surface area (Å²) in [6.45, 7) is 6.93. The first-order valence-electron chi connectivity index (χ1n) is 11.4. The van der Waals surface area contributed by atoms with Crippen LogP contribution < -0.4 is 14.8 Å². The smallest absolute Gasteiger partial charge is 0.322 e. The third-order valence-electron chi connectivity index (χ3n) is 6.13. The molecule has 0 saturated carbocycles. The average Bonchev–Trinajstić information content (AvgIpc) is 2.83. The molecule has 0 spiro atoms. The summed E-state index contributed by atoms with van der Waals surface area (Å²) in [4.78, 5) is 41.4. The molecule has 1 aliphatic heterocycles. The molecule has 0 bridgehead atoms. The maximum Gasteiger partial charge on any atom is 0.322 e. The van der Waals surface area contributed by atoms with Crippen molar-refractivity contribution in [2.45, 2.75) is 33.2 Å². The molecule has 1 atom stereocenters. The van der Waals surface area contributed by atoms with Crippen LogP contribution >= 0.6 is 0 Å². The summed E-state index contributed by atoms with van der Waals surface area (Å²) in [5.41, 5.74) is 1.96. The van der Waals surface area contributed by atoms with Crippen LogP contribution in [0.2, 0.25) is 0 Å². The molecule has 1 unspecified atom stereocenters. The molecule has 0 aromatic heterocycles. The summed E-state index contributed by atoms with van der Waals surface area (Å²) in [6, 6.07) is 12.0. The van der Waals surface area contributed by atoms with Gasteiger partial charge < -0.3 is 24.6 Å². The predicted octanol–water partition coefficient (Wildman–Crippen LogP) is 3.85. The Kier molecular flexibility index (Phi) is 8.15. The van der Waals surface area contributed by atoms with Gasteiger partial charge in [-0.05, 0) is 42.7 Å². The average molecular weight is 468 g/mol. The number of benzene rings is 2. The molecule has 182 valence electrons. The van der Waals surface area contributed by atoms with Crippen LogP contribution in [0, 0.1) is 5.92 Å². The Morgan fingerprint density at radius 2 is 1.76 bits per heavy atom. The van der Waals surface area contributed by atoms with E-state index < -0.39 is 0 Å². The number of rotatable bonds is 7. The van der Waals surface area contributed by atoms with Crippen LogP contribution in [-0.2, 0) is 11.2 Å². The summed E-state index contributed by atoms with van der Waals surface area (Å²) in [5.74, 6) is 1.31. The highest BCUT2D eigenvalue weighted by molar-refractivity contribution is 5.96. The quantitative estimate of drug-likeness (QED) is 0.625. The van der Waals surface area contributed by atoms with Gasteiger partial charge in [0.05, 0.1) is 26.7 Å². The molecule has 3 rings (SSSR count). The minimum atomic E-state index is -0.230. The third kappa shape index (κ3) is 5.87. The Balaban J connectivity index is 1.67. The van der Waals surface area contributed by atoms with E-state index in [0.29, 0.717) is 42.4 Å². The van der Waals surface area contributed by atoms with E-state index in [-0.39, 0.29) is 36.1 Å². The Morgan fingerprint density at radius 1 is 1.03 bits per heavy atom. The highest BCUT2D eigenvalue weighted by Crippen LogP contribution is 2.28. The highest BCUT2D eigenvalue weighted by Gasteiger charge is 2.34. The number of Topliss-reactive ketones (excluding diaryl/α,β-unsaturated/α-hetero) is 1. The molecule has 3 amide bonds. The number of urea groups is 1. The number of ether oxygens (including phenoxy) is 2. The van der Waals surface area contributed by atoms with Crippen molar-refractivity contribution in [1.29, 1.82) is 0 Å². The van der Waals surface area contributed by atoms with E-state index in [1.54, 1.807) is 49.5 Å². The Hall–Kier alpha value is -3.55. The highest BCUT2D eigenvalue weighted by atomic mass is 16.5. The van der Waals surface area contributed by atoms with Gasteiger partial charge in [0, 0.05) is 30.9 Å². The SMILES string of the molecule is COc1ccc(CC(=O)N2CCN(C(=O)Nc3cccc(C(C)=O)c3)C(C(C)C)C2)cc1OC. The van der Waals surface area contributed by atoms with Gasteiger partial charge in [0.1, 0.15) is 0 Å². The van der Waals surface area contributed by atoms with E-state index in [9.17, 15) is 14.4 Å². The van der Waals surface area contributed by atoms with Crippen molar-refractivity contribution in [3.05, 3.63) is 53.6 Å². The van der Waals surface area contributed by atoms with E-state index in [4.69, 9.17) is 9.47 Å². The first-order valence-corrected chi connectivity index (χ1v) is 11.4. The van der Waals surface area contributed by atoms with Crippen LogP contribution in [0.5, 0.6) is 11.5 Å². The second kappa shape index (κ2) is 11.0. The summed E-state index contributed by atoms with van der Waals surface area (Å²) in [5, 5.41) is 2.90. The third-order valence-corrected chi connectivity index (χ3v) is 6.13. The van der Waals surface area contributed by atoms with Crippen molar-refractivity contribution in [2.24, 2.45) is 5.92 Å². The molecular formula is C26H33N3O5. The second-order valence-corrected chi connectivity index (χ2v) is 8.78. The summed E-state index contributed by atoms with van der Waals surface area (Å²) in [7, 11) is 3.14. The fourth-order valence-corrected chi connectivity index (χ4v) is 4.15. The predicted molar refractivity (Wildman–Crippen MR) is 131 cm³/mol. The van der Waals surface area contributed by atoms with E-state index in [1.807, 2.05) is 30.9 Å². The maximum atomic E-state index is 13.1. The van der Waals surface area contributed by atoms with Crippen LogP contribution in [0.4, 0.5) is 10.5 Å². The van der Waals surface area contributed by atoms with Crippen molar-refractivity contribution >= 4 is 23.4 Å². The molecule has 34 heavy (non-hydrogen) atoms. The molecule has 1 heterocycles. The lowest BCUT2D eigenvalue weighted by Crippen LogP contribution is -2.59. The number of anilines is 1. The zero-order valence-corrected chi connectivity index (χ0v) is 20.5. The number of piperazine rings is 1. The van der Waals surface area contributed by atoms with Crippen molar-refractivity contribution in [3.8, 4) is 11.5 Å². The van der Waals surface area contributed by atoms with Crippen LogP contribution in [0.1, 0.15) is 36.7 Å². The van der Waals surface area contributed by atoms with Crippen LogP contribution in [-0.4, -0.2) is 67.4 Å². The number of nitrogens with zero attached hydrogens (tertiary/aromatic N) is 2. The first kappa shape index (κ1) is 25.1. The molecule has 8 heteroatoms. The zero-order chi connectivity index (χ0) is 24.8. The molecular weight excluding hydrogens is 434 g/mol. The maximum absolute atomic E-state index is 13.1. The van der Waals surface area contributed by atoms with Crippen molar-refractivity contribution in [2.75, 3.05) is 39.2 Å². The zero-order valence-electron chi connectivity index (χ0n) is 20.5. The van der Waals surface area contributed by atoms with Crippen molar-refractivity contribution in [3.63, 3.8) is 0 Å². The van der Waals surface area contributed by atoms with Gasteiger partial charge >= 0.3 is 6.03 Å². The van der Waals surface area contributed by atoms with Gasteiger partial charge in [0.25, 0.3) is 0 Å². The second-order valence-electron chi connectivity index (χ2n) is 8.78. The monoisotopic (exact) mass is 467 g/mol. The minimum Gasteiger partial charge on any atom is -0.493 e. The number of methoxy groups -OCH3 is 2. The number of hydrogen-bond acceptors (Lipinski definition) is 5. The van der Waals surface area contributed by atoms with Gasteiger partial charge in [-0.2, -0.15) is 0 Å². The number of amides is 3. The number of hydrogen-bond donors (Lipinski definition) is 1. The largest absolute Gasteiger partial charge is 0.493 e. The molecule has 1 saturated heterocycles. The summed E-state index contributed by atoms with van der Waals surface area (Å²) in [6.07, 6.45) is 0.245. The standard InChI is InChI=1S/C26H33N3O5/c1-17(2)22-16-28(25(31)14-19-9-10-23(33-4)24(13-19)34-5)11-12-29(22)26(32)27-21-8-6-7-20(15-21)18(3)30/h6-10,13,15,17,22H,11-12,14,16H2,1-5H3,(H,27,32). The lowest BCUT2D eigenvalue weighted by molar-refractivity contribution is -0.133. The molecule has 0 radical (unpaired) electrons. The van der Waals surface area contributed by atoms with Gasteiger partial charge in [-0.1, -0.05) is 32.0 Å². The Bertz CT molecular complexity index is 1050. The summed E-state index contributed by atoms with van der Waals surface area (Å²) >= 11 is 0. The van der Waals surface area contributed by atoms with Crippen LogP contribution in [0.15, 0.2) is 42.5 Å². The van der Waals surface area contributed by atoms with Crippen molar-refractivity contribution in [1.82, 2.24) is 9.80 Å². The van der Waals surface area contributed by atoms with E-state index >= 15 is 0 Å². The van der Waals surface area contributed by atoms with Crippen LogP contribution in [0.3, 0.4) is 0 Å². The van der Waals surface area contributed by atoms with E-state index in [2.05, 4.69) is 5.32 Å². The molecule has 8 nitrogen and oxygen atoms in total. The molecule has 1 aliphatic rings. The molecule has 2 aromatic rings. The lowest BCUT2D eigenvalue weighted by atomic mass is 9.99. The van der Waals surface area contributed by atoms with Gasteiger partial charge in [0.2, 0.25) is 5.91 Å². The molecule has 1 fully saturated rings. The molecule has 1 N–H and O–H groups in total. The fraction of sp³-hybridized carbons (Fsp3) is 0.423. The van der Waals surface area contributed by atoms with E-state index in [1.165, 1.54) is 6.92 Å². The minimum absolute atomic E-state index is 0.00656. The Morgan fingerprint density at radius 3 is 2.41 bits per heavy atom. The van der Waals surface area contributed by atoms with Gasteiger partial charge in [0.15, 0.2) is 17.3 Å². The topological polar surface area (TPSA) is 88.2 Å². The van der Waals surface area contributed by atoms with Gasteiger partial charge in [-0.15, -0.1) is 0 Å². The van der Waals surface area contributed by atoms with Gasteiger partial charge in [-0.3, -0.25) is 9.59 Å². The van der Waals surface area contributed by atoms with Gasteiger partial charge in [-0.25, -0.2) is 4.79 Å². The normalized spacial score (nSPS) is 15.8. The first-order chi connectivity index (χ1) is 16.2. The molecule has 2 aromatic carbocycles. The lowest BCUT2D eigenvalue weighted by Gasteiger charge is -2.43.